The van der Waals surface area contributed by atoms with Crippen LogP contribution in [0.1, 0.15) is 18.0 Å². The van der Waals surface area contributed by atoms with E-state index in [2.05, 4.69) is 65.7 Å². The number of anilines is 1. The molecule has 0 aromatic heterocycles. The molecule has 1 fully saturated rings. The smallest absolute Gasteiger partial charge is 0.0782 e. The summed E-state index contributed by atoms with van der Waals surface area (Å²) in [6.45, 7) is 2.23. The van der Waals surface area contributed by atoms with Crippen LogP contribution in [0.5, 0.6) is 0 Å². The molecule has 2 heterocycles. The van der Waals surface area contributed by atoms with Crippen molar-refractivity contribution in [3.63, 3.8) is 0 Å². The quantitative estimate of drug-likeness (QED) is 0.876. The summed E-state index contributed by atoms with van der Waals surface area (Å²) in [5.74, 6) is 0.531. The van der Waals surface area contributed by atoms with Gasteiger partial charge in [0.25, 0.3) is 0 Å². The lowest BCUT2D eigenvalue weighted by atomic mass is 9.86. The van der Waals surface area contributed by atoms with Crippen LogP contribution >= 0.6 is 0 Å². The van der Waals surface area contributed by atoms with E-state index in [1.165, 1.54) is 17.0 Å². The average molecular weight is 258 g/mol. The summed E-state index contributed by atoms with van der Waals surface area (Å²) < 4.78 is 0. The van der Waals surface area contributed by atoms with Gasteiger partial charge in [-0.15, -0.1) is 0 Å². The Morgan fingerprint density at radius 3 is 2.68 bits per heavy atom. The Kier molecular flexibility index (Phi) is 3.19. The molecule has 102 valence electrons. The minimum absolute atomic E-state index is 0.342. The number of fused-ring (bicyclic) bond motifs is 1. The molecule has 1 N–H and O–H groups in total. The second kappa shape index (κ2) is 4.85. The fourth-order valence-corrected chi connectivity index (χ4v) is 2.99. The first-order valence-electron chi connectivity index (χ1n) is 6.93. The first kappa shape index (κ1) is 12.5. The average Bonchev–Trinajstić information content (AvgIpc) is 2.81. The Bertz CT molecular complexity index is 477. The second-order valence-corrected chi connectivity index (χ2v) is 5.81. The van der Waals surface area contributed by atoms with E-state index in [1.54, 1.807) is 0 Å². The molecule has 2 aliphatic heterocycles. The number of hydrogen-bond donors (Lipinski definition) is 1. The minimum atomic E-state index is 0.342. The van der Waals surface area contributed by atoms with Crippen LogP contribution in [0.2, 0.25) is 0 Å². The van der Waals surface area contributed by atoms with Gasteiger partial charge in [0.1, 0.15) is 0 Å². The van der Waals surface area contributed by atoms with E-state index < -0.39 is 0 Å². The van der Waals surface area contributed by atoms with E-state index in [1.807, 2.05) is 0 Å². The van der Waals surface area contributed by atoms with E-state index in [0.29, 0.717) is 12.0 Å². The van der Waals surface area contributed by atoms with Gasteiger partial charge in [0.05, 0.1) is 6.04 Å². The third-order valence-electron chi connectivity index (χ3n) is 4.20. The molecular weight excluding hydrogens is 236 g/mol. The van der Waals surface area contributed by atoms with Gasteiger partial charge in [-0.2, -0.15) is 5.10 Å². The van der Waals surface area contributed by atoms with Gasteiger partial charge in [-0.1, -0.05) is 12.1 Å². The van der Waals surface area contributed by atoms with Crippen molar-refractivity contribution in [1.82, 2.24) is 10.3 Å². The summed E-state index contributed by atoms with van der Waals surface area (Å²) >= 11 is 0. The van der Waals surface area contributed by atoms with Crippen LogP contribution in [0.4, 0.5) is 5.69 Å². The molecule has 2 aliphatic rings. The number of hydrogen-bond acceptors (Lipinski definition) is 4. The molecule has 0 saturated carbocycles. The fourth-order valence-electron chi connectivity index (χ4n) is 2.99. The Morgan fingerprint density at radius 2 is 2.00 bits per heavy atom. The minimum Gasteiger partial charge on any atom is -0.378 e. The zero-order chi connectivity index (χ0) is 13.4. The second-order valence-electron chi connectivity index (χ2n) is 5.81. The topological polar surface area (TPSA) is 30.9 Å². The van der Waals surface area contributed by atoms with Gasteiger partial charge < -0.3 is 15.2 Å². The summed E-state index contributed by atoms with van der Waals surface area (Å²) in [4.78, 5) is 4.53. The number of likely N-dealkylation sites (tertiary alicyclic amines) is 1. The van der Waals surface area contributed by atoms with Crippen molar-refractivity contribution in [3.8, 4) is 0 Å². The molecule has 0 amide bonds. The van der Waals surface area contributed by atoms with Gasteiger partial charge in [0.15, 0.2) is 0 Å². The van der Waals surface area contributed by atoms with Crippen molar-refractivity contribution in [3.05, 3.63) is 29.8 Å². The molecule has 19 heavy (non-hydrogen) atoms. The Hall–Kier alpha value is -1.55. The third kappa shape index (κ3) is 2.32. The highest BCUT2D eigenvalue weighted by atomic mass is 15.3. The SMILES string of the molecule is CN1CCC2=NNC(c3ccc(N(C)C)cc3)C2C1. The van der Waals surface area contributed by atoms with Crippen LogP contribution in [-0.2, 0) is 0 Å². The molecule has 0 aliphatic carbocycles. The first-order chi connectivity index (χ1) is 9.15. The van der Waals surface area contributed by atoms with Crippen molar-refractivity contribution in [1.29, 1.82) is 0 Å². The lowest BCUT2D eigenvalue weighted by Gasteiger charge is -2.31. The van der Waals surface area contributed by atoms with Gasteiger partial charge in [-0.3, -0.25) is 0 Å². The standard InChI is InChI=1S/C15H22N4/c1-18(2)12-6-4-11(5-7-12)15-13-10-19(3)9-8-14(13)16-17-15/h4-7,13,15,17H,8-10H2,1-3H3. The highest BCUT2D eigenvalue weighted by molar-refractivity contribution is 5.89. The van der Waals surface area contributed by atoms with Crippen molar-refractivity contribution >= 4 is 11.4 Å². The monoisotopic (exact) mass is 258 g/mol. The lowest BCUT2D eigenvalue weighted by molar-refractivity contribution is 0.272. The third-order valence-corrected chi connectivity index (χ3v) is 4.20. The largest absolute Gasteiger partial charge is 0.378 e. The van der Waals surface area contributed by atoms with Crippen LogP contribution in [0.25, 0.3) is 0 Å². The van der Waals surface area contributed by atoms with Crippen molar-refractivity contribution in [2.75, 3.05) is 39.1 Å². The first-order valence-corrected chi connectivity index (χ1v) is 6.93. The summed E-state index contributed by atoms with van der Waals surface area (Å²) in [7, 11) is 6.33. The van der Waals surface area contributed by atoms with Crippen molar-refractivity contribution < 1.29 is 0 Å². The van der Waals surface area contributed by atoms with Crippen molar-refractivity contribution in [2.24, 2.45) is 11.0 Å². The molecule has 0 spiro atoms. The molecule has 2 atom stereocenters. The Morgan fingerprint density at radius 1 is 1.26 bits per heavy atom. The molecule has 0 radical (unpaired) electrons. The fraction of sp³-hybridized carbons (Fsp3) is 0.533. The van der Waals surface area contributed by atoms with Gasteiger partial charge in [-0.25, -0.2) is 0 Å². The van der Waals surface area contributed by atoms with E-state index in [-0.39, 0.29) is 0 Å². The van der Waals surface area contributed by atoms with E-state index >= 15 is 0 Å². The molecule has 3 rings (SSSR count). The van der Waals surface area contributed by atoms with Crippen molar-refractivity contribution in [2.45, 2.75) is 12.5 Å². The number of piperidine rings is 1. The van der Waals surface area contributed by atoms with E-state index in [4.69, 9.17) is 0 Å². The van der Waals surface area contributed by atoms with E-state index in [0.717, 1.165) is 19.5 Å². The molecule has 2 unspecified atom stereocenters. The van der Waals surface area contributed by atoms with Crippen LogP contribution in [0, 0.1) is 5.92 Å². The van der Waals surface area contributed by atoms with Crippen LogP contribution in [0.3, 0.4) is 0 Å². The molecule has 0 bridgehead atoms. The normalized spacial score (nSPS) is 26.6. The number of benzene rings is 1. The van der Waals surface area contributed by atoms with E-state index in [9.17, 15) is 0 Å². The molecule has 4 heteroatoms. The van der Waals surface area contributed by atoms with Crippen LogP contribution in [-0.4, -0.2) is 44.8 Å². The number of hydrazone groups is 1. The zero-order valence-corrected chi connectivity index (χ0v) is 11.9. The molecule has 1 aromatic rings. The maximum absolute atomic E-state index is 4.54. The number of nitrogens with one attached hydrogen (secondary N) is 1. The number of nitrogens with zero attached hydrogens (tertiary/aromatic N) is 3. The maximum atomic E-state index is 4.54. The van der Waals surface area contributed by atoms with Gasteiger partial charge in [0, 0.05) is 50.9 Å². The molecule has 4 nitrogen and oxygen atoms in total. The summed E-state index contributed by atoms with van der Waals surface area (Å²) in [5, 5.41) is 4.54. The van der Waals surface area contributed by atoms with Gasteiger partial charge in [0.2, 0.25) is 0 Å². The predicted molar refractivity (Wildman–Crippen MR) is 79.7 cm³/mol. The Labute approximate surface area is 115 Å². The summed E-state index contributed by atoms with van der Waals surface area (Å²) in [6, 6.07) is 9.15. The highest BCUT2D eigenvalue weighted by Gasteiger charge is 2.35. The molecular formula is C15H22N4. The van der Waals surface area contributed by atoms with Gasteiger partial charge >= 0.3 is 0 Å². The zero-order valence-electron chi connectivity index (χ0n) is 11.9. The van der Waals surface area contributed by atoms with Crippen LogP contribution in [0.15, 0.2) is 29.4 Å². The Balaban J connectivity index is 1.79. The maximum Gasteiger partial charge on any atom is 0.0782 e. The predicted octanol–water partition coefficient (Wildman–Crippen LogP) is 1.70. The highest BCUT2D eigenvalue weighted by Crippen LogP contribution is 2.32. The summed E-state index contributed by atoms with van der Waals surface area (Å²) in [5.41, 5.74) is 7.26. The lowest BCUT2D eigenvalue weighted by Crippen LogP contribution is -2.39. The van der Waals surface area contributed by atoms with Gasteiger partial charge in [-0.05, 0) is 24.7 Å². The summed E-state index contributed by atoms with van der Waals surface area (Å²) in [6.07, 6.45) is 1.10. The molecule has 1 aromatic carbocycles. The number of rotatable bonds is 2. The van der Waals surface area contributed by atoms with Crippen LogP contribution < -0.4 is 10.3 Å². The molecule has 1 saturated heterocycles.